The molecule has 0 saturated carbocycles. The minimum atomic E-state index is -0.00382. The molecule has 8 heteroatoms. The molecule has 0 radical (unpaired) electrons. The van der Waals surface area contributed by atoms with Crippen LogP contribution in [0.3, 0.4) is 0 Å². The monoisotopic (exact) mass is 421 g/mol. The molecule has 2 heterocycles. The molecule has 0 fully saturated rings. The van der Waals surface area contributed by atoms with Gasteiger partial charge in [-0.1, -0.05) is 24.3 Å². The number of aryl methyl sites for hydroxylation is 3. The minimum Gasteiger partial charge on any atom is -0.399 e. The summed E-state index contributed by atoms with van der Waals surface area (Å²) < 4.78 is 1.81. The summed E-state index contributed by atoms with van der Waals surface area (Å²) in [4.78, 5) is 16.5. The number of pyridine rings is 1. The Bertz CT molecular complexity index is 909. The molecule has 0 aliphatic rings. The van der Waals surface area contributed by atoms with Gasteiger partial charge in [-0.15, -0.1) is 24.8 Å². The van der Waals surface area contributed by atoms with E-state index in [1.807, 2.05) is 61.0 Å². The normalized spacial score (nSPS) is 9.93. The number of nitrogen functional groups attached to an aromatic ring is 1. The van der Waals surface area contributed by atoms with Crippen LogP contribution in [0, 0.1) is 13.8 Å². The lowest BCUT2D eigenvalue weighted by Gasteiger charge is -2.08. The number of benzene rings is 1. The standard InChI is InChI=1S/C20H23N5O.2ClH/c1-14-11-15(2)25(24-14)19-9-7-16(12-22-19)13-23-20(26)10-8-17-5-3-4-6-18(17)21;;/h3-7,9,11-12H,8,10,13,21H2,1-2H3,(H,23,26);2*1H. The number of nitrogens with two attached hydrogens (primary N) is 1. The van der Waals surface area contributed by atoms with Crippen LogP contribution in [0.1, 0.15) is 28.9 Å². The molecule has 1 amide bonds. The van der Waals surface area contributed by atoms with Gasteiger partial charge in [-0.3, -0.25) is 4.79 Å². The van der Waals surface area contributed by atoms with E-state index in [9.17, 15) is 4.79 Å². The highest BCUT2D eigenvalue weighted by Crippen LogP contribution is 2.13. The maximum Gasteiger partial charge on any atom is 0.220 e. The van der Waals surface area contributed by atoms with Crippen LogP contribution in [0.4, 0.5) is 5.69 Å². The first-order valence-electron chi connectivity index (χ1n) is 8.61. The number of para-hydroxylation sites is 1. The molecule has 0 aliphatic heterocycles. The Morgan fingerprint density at radius 2 is 1.89 bits per heavy atom. The predicted octanol–water partition coefficient (Wildman–Crippen LogP) is 3.56. The molecule has 150 valence electrons. The fourth-order valence-corrected chi connectivity index (χ4v) is 2.81. The molecular weight excluding hydrogens is 397 g/mol. The first-order chi connectivity index (χ1) is 12.5. The quantitative estimate of drug-likeness (QED) is 0.595. The second-order valence-electron chi connectivity index (χ2n) is 6.34. The van der Waals surface area contributed by atoms with Gasteiger partial charge in [0.05, 0.1) is 5.69 Å². The zero-order chi connectivity index (χ0) is 18.5. The maximum absolute atomic E-state index is 12.1. The van der Waals surface area contributed by atoms with Crippen molar-refractivity contribution < 1.29 is 4.79 Å². The number of carbonyl (C=O) groups is 1. The third-order valence-electron chi connectivity index (χ3n) is 4.20. The van der Waals surface area contributed by atoms with Crippen LogP contribution in [0.2, 0.25) is 0 Å². The summed E-state index contributed by atoms with van der Waals surface area (Å²) in [6.07, 6.45) is 2.81. The van der Waals surface area contributed by atoms with E-state index in [0.717, 1.165) is 34.0 Å². The van der Waals surface area contributed by atoms with Gasteiger partial charge in [0.15, 0.2) is 5.82 Å². The number of hydrogen-bond acceptors (Lipinski definition) is 4. The largest absolute Gasteiger partial charge is 0.399 e. The Kier molecular flexibility index (Phi) is 8.96. The van der Waals surface area contributed by atoms with E-state index in [2.05, 4.69) is 15.4 Å². The molecule has 3 N–H and O–H groups in total. The summed E-state index contributed by atoms with van der Waals surface area (Å²) in [7, 11) is 0. The molecule has 0 saturated heterocycles. The zero-order valence-corrected chi connectivity index (χ0v) is 17.5. The zero-order valence-electron chi connectivity index (χ0n) is 15.9. The summed E-state index contributed by atoms with van der Waals surface area (Å²) in [5.41, 5.74) is 10.6. The van der Waals surface area contributed by atoms with Crippen molar-refractivity contribution in [2.24, 2.45) is 0 Å². The molecule has 28 heavy (non-hydrogen) atoms. The molecule has 1 aromatic carbocycles. The number of nitrogens with zero attached hydrogens (tertiary/aromatic N) is 3. The molecule has 6 nitrogen and oxygen atoms in total. The second-order valence-corrected chi connectivity index (χ2v) is 6.34. The number of amides is 1. The SMILES string of the molecule is Cc1cc(C)n(-c2ccc(CNC(=O)CCc3ccccc3N)cn2)n1.Cl.Cl. The van der Waals surface area contributed by atoms with E-state index < -0.39 is 0 Å². The van der Waals surface area contributed by atoms with E-state index >= 15 is 0 Å². The van der Waals surface area contributed by atoms with Gasteiger partial charge in [-0.2, -0.15) is 5.10 Å². The second kappa shape index (κ2) is 10.7. The first kappa shape index (κ1) is 23.5. The summed E-state index contributed by atoms with van der Waals surface area (Å²) >= 11 is 0. The Morgan fingerprint density at radius 3 is 2.50 bits per heavy atom. The van der Waals surface area contributed by atoms with Crippen molar-refractivity contribution in [3.05, 3.63) is 71.2 Å². The molecule has 3 aromatic rings. The maximum atomic E-state index is 12.1. The van der Waals surface area contributed by atoms with Crippen molar-refractivity contribution in [1.29, 1.82) is 0 Å². The number of hydrogen-bond donors (Lipinski definition) is 2. The molecular formula is C20H25Cl2N5O. The molecule has 0 atom stereocenters. The Hall–Kier alpha value is -2.57. The first-order valence-corrected chi connectivity index (χ1v) is 8.61. The van der Waals surface area contributed by atoms with Gasteiger partial charge in [0.25, 0.3) is 0 Å². The third-order valence-corrected chi connectivity index (χ3v) is 4.20. The van der Waals surface area contributed by atoms with E-state index in [1.54, 1.807) is 6.20 Å². The summed E-state index contributed by atoms with van der Waals surface area (Å²) in [5, 5.41) is 7.34. The van der Waals surface area contributed by atoms with E-state index in [1.165, 1.54) is 0 Å². The van der Waals surface area contributed by atoms with Gasteiger partial charge in [-0.05, 0) is 49.6 Å². The highest BCUT2D eigenvalue weighted by Gasteiger charge is 2.07. The average Bonchev–Trinajstić information content (AvgIpc) is 2.98. The fourth-order valence-electron chi connectivity index (χ4n) is 2.81. The van der Waals surface area contributed by atoms with E-state index in [0.29, 0.717) is 19.4 Å². The summed E-state index contributed by atoms with van der Waals surface area (Å²) in [5.74, 6) is 0.765. The molecule has 0 spiro atoms. The predicted molar refractivity (Wildman–Crippen MR) is 116 cm³/mol. The Balaban J connectivity index is 0.00000196. The summed E-state index contributed by atoms with van der Waals surface area (Å²) in [6, 6.07) is 13.5. The van der Waals surface area contributed by atoms with Gasteiger partial charge in [0, 0.05) is 30.5 Å². The number of nitrogens with one attached hydrogen (secondary N) is 1. The molecule has 0 aliphatic carbocycles. The topological polar surface area (TPSA) is 85.8 Å². The number of aromatic nitrogens is 3. The molecule has 3 rings (SSSR count). The minimum absolute atomic E-state index is 0. The van der Waals surface area contributed by atoms with Crippen molar-refractivity contribution in [3.8, 4) is 5.82 Å². The highest BCUT2D eigenvalue weighted by molar-refractivity contribution is 5.85. The van der Waals surface area contributed by atoms with Crippen LogP contribution >= 0.6 is 24.8 Å². The van der Waals surface area contributed by atoms with E-state index in [4.69, 9.17) is 5.73 Å². The highest BCUT2D eigenvalue weighted by atomic mass is 35.5. The lowest BCUT2D eigenvalue weighted by Crippen LogP contribution is -2.23. The molecule has 0 unspecified atom stereocenters. The van der Waals surface area contributed by atoms with Crippen molar-refractivity contribution in [2.45, 2.75) is 33.2 Å². The fraction of sp³-hybridized carbons (Fsp3) is 0.250. The number of carbonyl (C=O) groups excluding carboxylic acids is 1. The van der Waals surface area contributed by atoms with Crippen LogP contribution in [-0.4, -0.2) is 20.7 Å². The van der Waals surface area contributed by atoms with Crippen molar-refractivity contribution >= 4 is 36.4 Å². The van der Waals surface area contributed by atoms with Crippen molar-refractivity contribution in [3.63, 3.8) is 0 Å². The number of anilines is 1. The van der Waals surface area contributed by atoms with Gasteiger partial charge in [-0.25, -0.2) is 9.67 Å². The molecule has 0 bridgehead atoms. The van der Waals surface area contributed by atoms with Crippen LogP contribution in [0.25, 0.3) is 5.82 Å². The van der Waals surface area contributed by atoms with E-state index in [-0.39, 0.29) is 30.7 Å². The number of halogens is 2. The van der Waals surface area contributed by atoms with Crippen LogP contribution in [-0.2, 0) is 17.8 Å². The molecule has 2 aromatic heterocycles. The Labute approximate surface area is 177 Å². The third kappa shape index (κ3) is 5.97. The van der Waals surface area contributed by atoms with Crippen LogP contribution in [0.15, 0.2) is 48.7 Å². The Morgan fingerprint density at radius 1 is 1.14 bits per heavy atom. The lowest BCUT2D eigenvalue weighted by atomic mass is 10.1. The van der Waals surface area contributed by atoms with Gasteiger partial charge < -0.3 is 11.1 Å². The van der Waals surface area contributed by atoms with Crippen LogP contribution < -0.4 is 11.1 Å². The lowest BCUT2D eigenvalue weighted by molar-refractivity contribution is -0.121. The van der Waals surface area contributed by atoms with Crippen molar-refractivity contribution in [2.75, 3.05) is 5.73 Å². The van der Waals surface area contributed by atoms with Gasteiger partial charge >= 0.3 is 0 Å². The van der Waals surface area contributed by atoms with Gasteiger partial charge in [0.2, 0.25) is 5.91 Å². The number of rotatable bonds is 6. The van der Waals surface area contributed by atoms with Crippen molar-refractivity contribution in [1.82, 2.24) is 20.1 Å². The van der Waals surface area contributed by atoms with Gasteiger partial charge in [0.1, 0.15) is 0 Å². The summed E-state index contributed by atoms with van der Waals surface area (Å²) in [6.45, 7) is 4.40. The smallest absolute Gasteiger partial charge is 0.220 e. The van der Waals surface area contributed by atoms with Crippen LogP contribution in [0.5, 0.6) is 0 Å². The average molecular weight is 422 g/mol.